The number of rotatable bonds is 4. The van der Waals surface area contributed by atoms with Crippen molar-refractivity contribution < 1.29 is 14.7 Å². The van der Waals surface area contributed by atoms with Crippen molar-refractivity contribution in [2.75, 3.05) is 26.7 Å². The van der Waals surface area contributed by atoms with Crippen LogP contribution in [-0.2, 0) is 9.59 Å². The Balaban J connectivity index is 1.83. The van der Waals surface area contributed by atoms with Gasteiger partial charge >= 0.3 is 5.97 Å². The maximum Gasteiger partial charge on any atom is 0.307 e. The Bertz CT molecular complexity index is 372. The number of hydrogen-bond donors (Lipinski definition) is 2. The summed E-state index contributed by atoms with van der Waals surface area (Å²) in [5.74, 6) is -0.905. The Hall–Kier alpha value is -1.10. The van der Waals surface area contributed by atoms with E-state index in [4.69, 9.17) is 0 Å². The van der Waals surface area contributed by atoms with E-state index in [0.29, 0.717) is 31.2 Å². The Morgan fingerprint density at radius 1 is 1.30 bits per heavy atom. The molecule has 0 radical (unpaired) electrons. The number of nitrogens with one attached hydrogen (secondary N) is 1. The second-order valence-electron chi connectivity index (χ2n) is 6.64. The lowest BCUT2D eigenvalue weighted by atomic mass is 9.94. The van der Waals surface area contributed by atoms with E-state index < -0.39 is 11.9 Å². The van der Waals surface area contributed by atoms with Crippen LogP contribution in [0.15, 0.2) is 0 Å². The summed E-state index contributed by atoms with van der Waals surface area (Å²) >= 11 is 0. The predicted molar refractivity (Wildman–Crippen MR) is 76.2 cm³/mol. The van der Waals surface area contributed by atoms with Gasteiger partial charge in [-0.25, -0.2) is 0 Å². The van der Waals surface area contributed by atoms with Crippen LogP contribution in [-0.4, -0.2) is 48.6 Å². The fourth-order valence-electron chi connectivity index (χ4n) is 3.67. The Morgan fingerprint density at radius 3 is 2.65 bits per heavy atom. The number of carbonyl (C=O) groups is 2. The standard InChI is InChI=1S/C15H26N2O3/c1-10-6-12(13(7-10)15(19)20)14(18)16-8-11-4-3-5-17(2)9-11/h10-13H,3-9H2,1-2H3,(H,16,18)(H,19,20)/t10?,11?,12-,13+/m0/s1. The molecule has 0 aromatic heterocycles. The number of nitrogens with zero attached hydrogens (tertiary/aromatic N) is 1. The second-order valence-corrected chi connectivity index (χ2v) is 6.64. The molecular weight excluding hydrogens is 256 g/mol. The average molecular weight is 282 g/mol. The van der Waals surface area contributed by atoms with Crippen LogP contribution >= 0.6 is 0 Å². The van der Waals surface area contributed by atoms with Gasteiger partial charge in [0.05, 0.1) is 11.8 Å². The average Bonchev–Trinajstić information content (AvgIpc) is 2.78. The molecule has 5 nitrogen and oxygen atoms in total. The molecule has 0 spiro atoms. The number of aliphatic carboxylic acids is 1. The van der Waals surface area contributed by atoms with Gasteiger partial charge in [-0.3, -0.25) is 9.59 Å². The lowest BCUT2D eigenvalue weighted by Crippen LogP contribution is -2.42. The first-order chi connectivity index (χ1) is 9.47. The number of piperidine rings is 1. The first kappa shape index (κ1) is 15.3. The van der Waals surface area contributed by atoms with Gasteiger partial charge in [0.2, 0.25) is 5.91 Å². The van der Waals surface area contributed by atoms with Gasteiger partial charge in [-0.05, 0) is 51.1 Å². The van der Waals surface area contributed by atoms with Crippen molar-refractivity contribution in [2.24, 2.45) is 23.7 Å². The van der Waals surface area contributed by atoms with Crippen LogP contribution in [0.3, 0.4) is 0 Å². The fraction of sp³-hybridized carbons (Fsp3) is 0.867. The monoisotopic (exact) mass is 282 g/mol. The molecule has 1 aliphatic carbocycles. The third-order valence-corrected chi connectivity index (χ3v) is 4.74. The molecule has 1 heterocycles. The van der Waals surface area contributed by atoms with E-state index in [1.807, 2.05) is 6.92 Å². The molecule has 1 saturated heterocycles. The van der Waals surface area contributed by atoms with E-state index in [1.165, 1.54) is 6.42 Å². The Kier molecular flexibility index (Phi) is 5.02. The Labute approximate surface area is 120 Å². The lowest BCUT2D eigenvalue weighted by Gasteiger charge is -2.30. The van der Waals surface area contributed by atoms with Gasteiger partial charge in [-0.1, -0.05) is 6.92 Å². The molecule has 2 unspecified atom stereocenters. The molecule has 2 N–H and O–H groups in total. The minimum atomic E-state index is -0.827. The third kappa shape index (κ3) is 3.72. The minimum absolute atomic E-state index is 0.0602. The minimum Gasteiger partial charge on any atom is -0.481 e. The summed E-state index contributed by atoms with van der Waals surface area (Å²) in [6, 6.07) is 0. The summed E-state index contributed by atoms with van der Waals surface area (Å²) < 4.78 is 0. The second kappa shape index (κ2) is 6.57. The van der Waals surface area contributed by atoms with Gasteiger partial charge in [0, 0.05) is 13.1 Å². The maximum absolute atomic E-state index is 12.2. The fourth-order valence-corrected chi connectivity index (χ4v) is 3.67. The summed E-state index contributed by atoms with van der Waals surface area (Å²) in [4.78, 5) is 25.8. The van der Waals surface area contributed by atoms with Gasteiger partial charge in [0.1, 0.15) is 0 Å². The zero-order chi connectivity index (χ0) is 14.7. The van der Waals surface area contributed by atoms with E-state index in [1.54, 1.807) is 0 Å². The molecule has 0 aromatic carbocycles. The third-order valence-electron chi connectivity index (χ3n) is 4.74. The van der Waals surface area contributed by atoms with Crippen LogP contribution in [0.5, 0.6) is 0 Å². The number of hydrogen-bond acceptors (Lipinski definition) is 3. The highest BCUT2D eigenvalue weighted by Gasteiger charge is 2.41. The largest absolute Gasteiger partial charge is 0.481 e. The van der Waals surface area contributed by atoms with Gasteiger partial charge < -0.3 is 15.3 Å². The molecule has 4 atom stereocenters. The van der Waals surface area contributed by atoms with E-state index in [9.17, 15) is 14.7 Å². The number of amides is 1. The van der Waals surface area contributed by atoms with Crippen molar-refractivity contribution in [3.63, 3.8) is 0 Å². The summed E-state index contributed by atoms with van der Waals surface area (Å²) in [5.41, 5.74) is 0. The number of likely N-dealkylation sites (tertiary alicyclic amines) is 1. The number of carboxylic acid groups (broad SMARTS) is 1. The highest BCUT2D eigenvalue weighted by Crippen LogP contribution is 2.36. The normalized spacial score (nSPS) is 34.9. The van der Waals surface area contributed by atoms with E-state index in [-0.39, 0.29) is 11.8 Å². The van der Waals surface area contributed by atoms with Crippen LogP contribution in [0.25, 0.3) is 0 Å². The Morgan fingerprint density at radius 2 is 2.00 bits per heavy atom. The molecule has 2 aliphatic rings. The topological polar surface area (TPSA) is 69.6 Å². The van der Waals surface area contributed by atoms with Crippen LogP contribution in [0, 0.1) is 23.7 Å². The van der Waals surface area contributed by atoms with Crippen molar-refractivity contribution in [3.05, 3.63) is 0 Å². The summed E-state index contributed by atoms with van der Waals surface area (Å²) in [5, 5.41) is 12.2. The first-order valence-corrected chi connectivity index (χ1v) is 7.66. The van der Waals surface area contributed by atoms with Gasteiger partial charge in [-0.15, -0.1) is 0 Å². The molecule has 2 rings (SSSR count). The highest BCUT2D eigenvalue weighted by atomic mass is 16.4. The lowest BCUT2D eigenvalue weighted by molar-refractivity contribution is -0.146. The molecule has 2 fully saturated rings. The summed E-state index contributed by atoms with van der Waals surface area (Å²) in [6.07, 6.45) is 3.65. The zero-order valence-corrected chi connectivity index (χ0v) is 12.5. The van der Waals surface area contributed by atoms with Crippen LogP contribution in [0.1, 0.15) is 32.6 Å². The number of carboxylic acids is 1. The van der Waals surface area contributed by atoms with Gasteiger partial charge in [0.15, 0.2) is 0 Å². The molecule has 114 valence electrons. The maximum atomic E-state index is 12.2. The smallest absolute Gasteiger partial charge is 0.307 e. The summed E-state index contributed by atoms with van der Waals surface area (Å²) in [6.45, 7) is 4.86. The molecule has 0 aromatic rings. The highest BCUT2D eigenvalue weighted by molar-refractivity contribution is 5.85. The van der Waals surface area contributed by atoms with Crippen LogP contribution in [0.4, 0.5) is 0 Å². The zero-order valence-electron chi connectivity index (χ0n) is 12.5. The summed E-state index contributed by atoms with van der Waals surface area (Å²) in [7, 11) is 2.10. The first-order valence-electron chi connectivity index (χ1n) is 7.66. The van der Waals surface area contributed by atoms with Gasteiger partial charge in [-0.2, -0.15) is 0 Å². The molecule has 1 aliphatic heterocycles. The quantitative estimate of drug-likeness (QED) is 0.812. The van der Waals surface area contributed by atoms with E-state index in [2.05, 4.69) is 17.3 Å². The van der Waals surface area contributed by atoms with E-state index in [0.717, 1.165) is 19.5 Å². The number of carbonyl (C=O) groups excluding carboxylic acids is 1. The van der Waals surface area contributed by atoms with Crippen molar-refractivity contribution in [3.8, 4) is 0 Å². The predicted octanol–water partition coefficient (Wildman–Crippen LogP) is 1.19. The van der Waals surface area contributed by atoms with Crippen LogP contribution in [0.2, 0.25) is 0 Å². The van der Waals surface area contributed by atoms with Crippen molar-refractivity contribution in [1.82, 2.24) is 10.2 Å². The van der Waals surface area contributed by atoms with Crippen molar-refractivity contribution in [2.45, 2.75) is 32.6 Å². The van der Waals surface area contributed by atoms with E-state index >= 15 is 0 Å². The molecule has 20 heavy (non-hydrogen) atoms. The van der Waals surface area contributed by atoms with Crippen LogP contribution < -0.4 is 5.32 Å². The molecule has 5 heteroatoms. The molecular formula is C15H26N2O3. The molecule has 1 amide bonds. The van der Waals surface area contributed by atoms with Gasteiger partial charge in [0.25, 0.3) is 0 Å². The molecule has 0 bridgehead atoms. The van der Waals surface area contributed by atoms with Crippen molar-refractivity contribution in [1.29, 1.82) is 0 Å². The molecule has 1 saturated carbocycles. The van der Waals surface area contributed by atoms with Crippen molar-refractivity contribution >= 4 is 11.9 Å². The SMILES string of the molecule is CC1C[C@H](C(=O)NCC2CCCN(C)C2)[C@H](C(=O)O)C1.